The monoisotopic (exact) mass is 462 g/mol. The lowest BCUT2D eigenvalue weighted by Gasteiger charge is -2.13. The highest BCUT2D eigenvalue weighted by atomic mass is 35.5. The van der Waals surface area contributed by atoms with Gasteiger partial charge in [0.2, 0.25) is 0 Å². The van der Waals surface area contributed by atoms with Crippen molar-refractivity contribution in [3.63, 3.8) is 0 Å². The summed E-state index contributed by atoms with van der Waals surface area (Å²) in [6.07, 6.45) is 0.807. The van der Waals surface area contributed by atoms with Crippen LogP contribution in [-0.2, 0) is 10.0 Å². The van der Waals surface area contributed by atoms with Crippen molar-refractivity contribution in [2.24, 2.45) is 0 Å². The summed E-state index contributed by atoms with van der Waals surface area (Å²) in [7, 11) is -4.11. The first-order valence-corrected chi connectivity index (χ1v) is 11.3. The zero-order valence-electron chi connectivity index (χ0n) is 16.6. The first kappa shape index (κ1) is 22.6. The Morgan fingerprint density at radius 1 is 1.06 bits per heavy atom. The lowest BCUT2D eigenvalue weighted by Crippen LogP contribution is -2.17. The van der Waals surface area contributed by atoms with Gasteiger partial charge < -0.3 is 10.1 Å². The van der Waals surface area contributed by atoms with E-state index in [9.17, 15) is 17.6 Å². The number of benzene rings is 3. The van der Waals surface area contributed by atoms with E-state index in [1.54, 1.807) is 24.3 Å². The van der Waals surface area contributed by atoms with E-state index < -0.39 is 21.7 Å². The number of nitrogens with one attached hydrogen (secondary N) is 2. The third-order valence-corrected chi connectivity index (χ3v) is 6.04. The predicted molar refractivity (Wildman–Crippen MR) is 119 cm³/mol. The Labute approximate surface area is 185 Å². The molecule has 0 spiro atoms. The van der Waals surface area contributed by atoms with Crippen molar-refractivity contribution < 1.29 is 22.3 Å². The Hall–Kier alpha value is -3.10. The van der Waals surface area contributed by atoms with Crippen LogP contribution in [0.5, 0.6) is 5.75 Å². The summed E-state index contributed by atoms with van der Waals surface area (Å²) in [5.74, 6) is -0.511. The van der Waals surface area contributed by atoms with Gasteiger partial charge in [-0.1, -0.05) is 30.7 Å². The average molecular weight is 463 g/mol. The van der Waals surface area contributed by atoms with Crippen molar-refractivity contribution in [2.45, 2.75) is 18.2 Å². The average Bonchev–Trinajstić information content (AvgIpc) is 2.74. The van der Waals surface area contributed by atoms with Crippen LogP contribution in [0.25, 0.3) is 0 Å². The molecule has 0 radical (unpaired) electrons. The number of hydrogen-bond acceptors (Lipinski definition) is 4. The molecule has 0 heterocycles. The van der Waals surface area contributed by atoms with E-state index in [2.05, 4.69) is 10.0 Å². The van der Waals surface area contributed by atoms with Crippen LogP contribution in [0.1, 0.15) is 23.7 Å². The summed E-state index contributed by atoms with van der Waals surface area (Å²) < 4.78 is 46.6. The van der Waals surface area contributed by atoms with Gasteiger partial charge in [0.15, 0.2) is 0 Å². The normalized spacial score (nSPS) is 11.1. The van der Waals surface area contributed by atoms with E-state index >= 15 is 0 Å². The molecule has 3 aromatic carbocycles. The lowest BCUT2D eigenvalue weighted by molar-refractivity contribution is 0.102. The maximum atomic E-state index is 13.1. The van der Waals surface area contributed by atoms with Crippen molar-refractivity contribution in [3.05, 3.63) is 83.1 Å². The zero-order valence-corrected chi connectivity index (χ0v) is 18.1. The smallest absolute Gasteiger partial charge is 0.263 e. The van der Waals surface area contributed by atoms with Crippen LogP contribution >= 0.6 is 11.6 Å². The fourth-order valence-corrected chi connectivity index (χ4v) is 4.27. The van der Waals surface area contributed by atoms with E-state index in [1.165, 1.54) is 30.3 Å². The SMILES string of the molecule is CCCOc1ccccc1NC(=O)c1ccc(Cl)c(S(=O)(=O)Nc2ccc(F)cc2)c1. The molecule has 6 nitrogen and oxygen atoms in total. The highest BCUT2D eigenvalue weighted by molar-refractivity contribution is 7.92. The maximum Gasteiger partial charge on any atom is 0.263 e. The fraction of sp³-hybridized carbons (Fsp3) is 0.136. The fourth-order valence-electron chi connectivity index (χ4n) is 2.68. The van der Waals surface area contributed by atoms with E-state index in [4.69, 9.17) is 16.3 Å². The topological polar surface area (TPSA) is 84.5 Å². The van der Waals surface area contributed by atoms with E-state index in [0.29, 0.717) is 18.0 Å². The Bertz CT molecular complexity index is 1180. The molecule has 0 bridgehead atoms. The Morgan fingerprint density at radius 2 is 1.77 bits per heavy atom. The van der Waals surface area contributed by atoms with Crippen LogP contribution in [0.3, 0.4) is 0 Å². The maximum absolute atomic E-state index is 13.1. The second kappa shape index (κ2) is 9.80. The van der Waals surface area contributed by atoms with Gasteiger partial charge in [0, 0.05) is 11.3 Å². The quantitative estimate of drug-likeness (QED) is 0.474. The minimum Gasteiger partial charge on any atom is -0.491 e. The molecule has 0 unspecified atom stereocenters. The van der Waals surface area contributed by atoms with Crippen molar-refractivity contribution in [3.8, 4) is 5.75 Å². The summed E-state index contributed by atoms with van der Waals surface area (Å²) in [5, 5.41) is 2.67. The number of ether oxygens (including phenoxy) is 1. The standard InChI is InChI=1S/C22H20ClFN2O4S/c1-2-13-30-20-6-4-3-5-19(20)25-22(27)15-7-12-18(23)21(14-15)31(28,29)26-17-10-8-16(24)9-11-17/h3-12,14,26H,2,13H2,1H3,(H,25,27). The molecule has 0 atom stereocenters. The van der Waals surface area contributed by atoms with Crippen LogP contribution in [0.4, 0.5) is 15.8 Å². The van der Waals surface area contributed by atoms with Crippen LogP contribution in [0.2, 0.25) is 5.02 Å². The Kier molecular flexibility index (Phi) is 7.14. The predicted octanol–water partition coefficient (Wildman–Crippen LogP) is 5.32. The lowest BCUT2D eigenvalue weighted by atomic mass is 10.2. The van der Waals surface area contributed by atoms with Gasteiger partial charge in [0.05, 0.1) is 17.3 Å². The Morgan fingerprint density at radius 3 is 2.48 bits per heavy atom. The molecule has 3 aromatic rings. The van der Waals surface area contributed by atoms with Crippen molar-refractivity contribution in [1.29, 1.82) is 0 Å². The third kappa shape index (κ3) is 5.74. The highest BCUT2D eigenvalue weighted by Crippen LogP contribution is 2.27. The van der Waals surface area contributed by atoms with Gasteiger partial charge in [0.1, 0.15) is 16.5 Å². The molecule has 0 aliphatic heterocycles. The second-order valence-corrected chi connectivity index (χ2v) is 8.61. The number of halogens is 2. The summed E-state index contributed by atoms with van der Waals surface area (Å²) >= 11 is 6.09. The first-order chi connectivity index (χ1) is 14.8. The van der Waals surface area contributed by atoms with Crippen LogP contribution in [-0.4, -0.2) is 20.9 Å². The zero-order chi connectivity index (χ0) is 22.4. The van der Waals surface area contributed by atoms with Gasteiger partial charge in [-0.3, -0.25) is 9.52 Å². The van der Waals surface area contributed by atoms with Crippen LogP contribution in [0, 0.1) is 5.82 Å². The molecular weight excluding hydrogens is 443 g/mol. The van der Waals surface area contributed by atoms with Gasteiger partial charge in [-0.05, 0) is 61.0 Å². The molecule has 2 N–H and O–H groups in total. The largest absolute Gasteiger partial charge is 0.491 e. The molecule has 0 aliphatic carbocycles. The molecule has 0 saturated heterocycles. The molecule has 0 saturated carbocycles. The molecule has 9 heteroatoms. The van der Waals surface area contributed by atoms with Crippen molar-refractivity contribution >= 4 is 38.9 Å². The summed E-state index contributed by atoms with van der Waals surface area (Å²) in [5.41, 5.74) is 0.716. The minimum atomic E-state index is -4.11. The van der Waals surface area contributed by atoms with Crippen LogP contribution in [0.15, 0.2) is 71.6 Å². The highest BCUT2D eigenvalue weighted by Gasteiger charge is 2.21. The van der Waals surface area contributed by atoms with E-state index in [0.717, 1.165) is 18.6 Å². The third-order valence-electron chi connectivity index (χ3n) is 4.18. The van der Waals surface area contributed by atoms with Crippen molar-refractivity contribution in [1.82, 2.24) is 0 Å². The minimum absolute atomic E-state index is 0.0576. The van der Waals surface area contributed by atoms with Gasteiger partial charge in [-0.2, -0.15) is 0 Å². The summed E-state index contributed by atoms with van der Waals surface area (Å²) in [6.45, 7) is 2.46. The Balaban J connectivity index is 1.85. The molecule has 0 aromatic heterocycles. The molecule has 31 heavy (non-hydrogen) atoms. The molecular formula is C22H20ClFN2O4S. The number of amides is 1. The summed E-state index contributed by atoms with van der Waals surface area (Å²) in [4.78, 5) is 12.5. The second-order valence-electron chi connectivity index (χ2n) is 6.56. The molecule has 0 aliphatic rings. The molecule has 1 amide bonds. The number of sulfonamides is 1. The molecule has 0 fully saturated rings. The number of para-hydroxylation sites is 2. The van der Waals surface area contributed by atoms with Gasteiger partial charge in [-0.25, -0.2) is 12.8 Å². The summed E-state index contributed by atoms with van der Waals surface area (Å²) in [6, 6.07) is 15.7. The molecule has 3 rings (SSSR count). The number of carbonyl (C=O) groups is 1. The first-order valence-electron chi connectivity index (χ1n) is 9.41. The van der Waals surface area contributed by atoms with E-state index in [1.807, 2.05) is 6.92 Å². The number of anilines is 2. The van der Waals surface area contributed by atoms with Gasteiger partial charge in [0.25, 0.3) is 15.9 Å². The van der Waals surface area contributed by atoms with E-state index in [-0.39, 0.29) is 21.2 Å². The van der Waals surface area contributed by atoms with Crippen LogP contribution < -0.4 is 14.8 Å². The van der Waals surface area contributed by atoms with Gasteiger partial charge in [-0.15, -0.1) is 0 Å². The number of carbonyl (C=O) groups excluding carboxylic acids is 1. The number of hydrogen-bond donors (Lipinski definition) is 2. The number of rotatable bonds is 8. The molecule has 162 valence electrons. The van der Waals surface area contributed by atoms with Crippen molar-refractivity contribution in [2.75, 3.05) is 16.6 Å². The van der Waals surface area contributed by atoms with Gasteiger partial charge >= 0.3 is 0 Å².